The second-order valence-electron chi connectivity index (χ2n) is 4.25. The number of nitrogens with two attached hydrogens (primary N) is 1. The standard InChI is InChI=1S/C10H21N3O3S/c1-2-17(15,16)7-3-5-13-6-4-12-8-9(13)10(11)14/h9,12H,2-8H2,1H3,(H2,11,14). The molecule has 6 nitrogen and oxygen atoms in total. The fourth-order valence-electron chi connectivity index (χ4n) is 1.93. The quantitative estimate of drug-likeness (QED) is 0.613. The van der Waals surface area contributed by atoms with Crippen LogP contribution in [0, 0.1) is 0 Å². The number of sulfone groups is 1. The topological polar surface area (TPSA) is 92.5 Å². The van der Waals surface area contributed by atoms with Crippen molar-refractivity contribution in [2.75, 3.05) is 37.7 Å². The lowest BCUT2D eigenvalue weighted by molar-refractivity contribution is -0.123. The molecule has 1 amide bonds. The van der Waals surface area contributed by atoms with Crippen LogP contribution in [0.15, 0.2) is 0 Å². The smallest absolute Gasteiger partial charge is 0.236 e. The molecule has 0 aromatic carbocycles. The van der Waals surface area contributed by atoms with Gasteiger partial charge in [0.15, 0.2) is 0 Å². The highest BCUT2D eigenvalue weighted by molar-refractivity contribution is 7.91. The molecule has 1 atom stereocenters. The Balaban J connectivity index is 2.41. The molecule has 0 aromatic rings. The van der Waals surface area contributed by atoms with Crippen LogP contribution in [0.2, 0.25) is 0 Å². The van der Waals surface area contributed by atoms with E-state index in [9.17, 15) is 13.2 Å². The molecule has 1 unspecified atom stereocenters. The molecule has 0 aliphatic carbocycles. The third kappa shape index (κ3) is 4.61. The van der Waals surface area contributed by atoms with Gasteiger partial charge >= 0.3 is 0 Å². The van der Waals surface area contributed by atoms with Crippen LogP contribution >= 0.6 is 0 Å². The molecule has 0 saturated carbocycles. The summed E-state index contributed by atoms with van der Waals surface area (Å²) < 4.78 is 22.7. The van der Waals surface area contributed by atoms with Gasteiger partial charge in [-0.15, -0.1) is 0 Å². The van der Waals surface area contributed by atoms with Crippen LogP contribution in [0.3, 0.4) is 0 Å². The SMILES string of the molecule is CCS(=O)(=O)CCCN1CCNCC1C(N)=O. The van der Waals surface area contributed by atoms with Crippen molar-refractivity contribution in [2.24, 2.45) is 5.73 Å². The average Bonchev–Trinajstić information content (AvgIpc) is 2.29. The van der Waals surface area contributed by atoms with Crippen LogP contribution in [0.4, 0.5) is 0 Å². The molecule has 1 saturated heterocycles. The summed E-state index contributed by atoms with van der Waals surface area (Å²) in [4.78, 5) is 13.2. The Morgan fingerprint density at radius 1 is 1.53 bits per heavy atom. The molecule has 1 aliphatic heterocycles. The van der Waals surface area contributed by atoms with E-state index in [2.05, 4.69) is 5.32 Å². The predicted octanol–water partition coefficient (Wildman–Crippen LogP) is -1.43. The van der Waals surface area contributed by atoms with Crippen molar-refractivity contribution in [3.8, 4) is 0 Å². The van der Waals surface area contributed by atoms with E-state index in [0.717, 1.165) is 13.1 Å². The summed E-state index contributed by atoms with van der Waals surface area (Å²) in [6.45, 7) is 4.35. The number of hydrogen-bond acceptors (Lipinski definition) is 5. The number of nitrogens with one attached hydrogen (secondary N) is 1. The number of hydrogen-bond donors (Lipinski definition) is 2. The monoisotopic (exact) mass is 263 g/mol. The molecule has 1 rings (SSSR count). The Kier molecular flexibility index (Phi) is 5.35. The van der Waals surface area contributed by atoms with Crippen LogP contribution in [0.25, 0.3) is 0 Å². The lowest BCUT2D eigenvalue weighted by atomic mass is 10.2. The Labute approximate surface area is 102 Å². The zero-order valence-electron chi connectivity index (χ0n) is 10.2. The van der Waals surface area contributed by atoms with Gasteiger partial charge in [-0.05, 0) is 13.0 Å². The minimum atomic E-state index is -2.92. The molecular formula is C10H21N3O3S. The minimum Gasteiger partial charge on any atom is -0.368 e. The molecule has 1 heterocycles. The molecule has 0 radical (unpaired) electrons. The molecule has 1 fully saturated rings. The van der Waals surface area contributed by atoms with Gasteiger partial charge in [0.25, 0.3) is 0 Å². The Morgan fingerprint density at radius 2 is 2.24 bits per heavy atom. The van der Waals surface area contributed by atoms with E-state index < -0.39 is 9.84 Å². The van der Waals surface area contributed by atoms with Gasteiger partial charge in [-0.1, -0.05) is 6.92 Å². The normalized spacial score (nSPS) is 22.5. The lowest BCUT2D eigenvalue weighted by Gasteiger charge is -2.34. The highest BCUT2D eigenvalue weighted by atomic mass is 32.2. The minimum absolute atomic E-state index is 0.174. The first kappa shape index (κ1) is 14.4. The summed E-state index contributed by atoms with van der Waals surface area (Å²) in [5.74, 6) is 0.00254. The number of carbonyl (C=O) groups is 1. The number of carbonyl (C=O) groups excluding carboxylic acids is 1. The van der Waals surface area contributed by atoms with Crippen LogP contribution in [-0.2, 0) is 14.6 Å². The van der Waals surface area contributed by atoms with E-state index in [4.69, 9.17) is 5.73 Å². The van der Waals surface area contributed by atoms with E-state index >= 15 is 0 Å². The van der Waals surface area contributed by atoms with Crippen molar-refractivity contribution in [3.63, 3.8) is 0 Å². The molecular weight excluding hydrogens is 242 g/mol. The molecule has 100 valence electrons. The van der Waals surface area contributed by atoms with Crippen molar-refractivity contribution >= 4 is 15.7 Å². The van der Waals surface area contributed by atoms with Gasteiger partial charge in [0.2, 0.25) is 5.91 Å². The molecule has 0 spiro atoms. The highest BCUT2D eigenvalue weighted by Gasteiger charge is 2.26. The number of primary amides is 1. The van der Waals surface area contributed by atoms with Crippen molar-refractivity contribution in [2.45, 2.75) is 19.4 Å². The third-order valence-electron chi connectivity index (χ3n) is 3.02. The predicted molar refractivity (Wildman–Crippen MR) is 66.4 cm³/mol. The summed E-state index contributed by atoms with van der Waals surface area (Å²) in [7, 11) is -2.92. The van der Waals surface area contributed by atoms with Crippen LogP contribution in [0.1, 0.15) is 13.3 Å². The highest BCUT2D eigenvalue weighted by Crippen LogP contribution is 2.05. The van der Waals surface area contributed by atoms with Crippen LogP contribution in [0.5, 0.6) is 0 Å². The summed E-state index contributed by atoms with van der Waals surface area (Å²) in [5.41, 5.74) is 5.30. The largest absolute Gasteiger partial charge is 0.368 e. The van der Waals surface area contributed by atoms with Gasteiger partial charge in [0.05, 0.1) is 5.75 Å². The molecule has 0 aromatic heterocycles. The van der Waals surface area contributed by atoms with Gasteiger partial charge < -0.3 is 11.1 Å². The van der Waals surface area contributed by atoms with Gasteiger partial charge in [-0.25, -0.2) is 8.42 Å². The number of piperazine rings is 1. The first-order chi connectivity index (χ1) is 7.96. The van der Waals surface area contributed by atoms with Gasteiger partial charge in [0.1, 0.15) is 15.9 Å². The Hall–Kier alpha value is -0.660. The van der Waals surface area contributed by atoms with Crippen molar-refractivity contribution < 1.29 is 13.2 Å². The fraction of sp³-hybridized carbons (Fsp3) is 0.900. The van der Waals surface area contributed by atoms with Crippen LogP contribution in [-0.4, -0.2) is 63.0 Å². The van der Waals surface area contributed by atoms with Crippen molar-refractivity contribution in [3.05, 3.63) is 0 Å². The summed E-state index contributed by atoms with van der Waals surface area (Å²) in [6, 6.07) is -0.312. The Bertz CT molecular complexity index is 356. The molecule has 1 aliphatic rings. The average molecular weight is 263 g/mol. The van der Waals surface area contributed by atoms with E-state index in [1.807, 2.05) is 4.90 Å². The number of nitrogens with zero attached hydrogens (tertiary/aromatic N) is 1. The molecule has 3 N–H and O–H groups in total. The first-order valence-electron chi connectivity index (χ1n) is 5.91. The van der Waals surface area contributed by atoms with E-state index in [1.165, 1.54) is 0 Å². The lowest BCUT2D eigenvalue weighted by Crippen LogP contribution is -2.57. The second kappa shape index (κ2) is 6.32. The first-order valence-corrected chi connectivity index (χ1v) is 7.73. The molecule has 17 heavy (non-hydrogen) atoms. The van der Waals surface area contributed by atoms with E-state index in [-0.39, 0.29) is 23.5 Å². The van der Waals surface area contributed by atoms with Crippen molar-refractivity contribution in [1.29, 1.82) is 0 Å². The molecule has 7 heteroatoms. The summed E-state index contributed by atoms with van der Waals surface area (Å²) in [5, 5.41) is 3.10. The summed E-state index contributed by atoms with van der Waals surface area (Å²) in [6.07, 6.45) is 0.556. The van der Waals surface area contributed by atoms with Gasteiger partial charge in [-0.3, -0.25) is 9.69 Å². The maximum atomic E-state index is 11.3. The summed E-state index contributed by atoms with van der Waals surface area (Å²) >= 11 is 0. The second-order valence-corrected chi connectivity index (χ2v) is 6.72. The zero-order chi connectivity index (χ0) is 12.9. The van der Waals surface area contributed by atoms with Gasteiger partial charge in [-0.2, -0.15) is 0 Å². The maximum Gasteiger partial charge on any atom is 0.236 e. The van der Waals surface area contributed by atoms with Gasteiger partial charge in [0, 0.05) is 25.4 Å². The molecule has 0 bridgehead atoms. The van der Waals surface area contributed by atoms with E-state index in [0.29, 0.717) is 19.5 Å². The number of rotatable bonds is 6. The maximum absolute atomic E-state index is 11.3. The van der Waals surface area contributed by atoms with Crippen molar-refractivity contribution in [1.82, 2.24) is 10.2 Å². The third-order valence-corrected chi connectivity index (χ3v) is 4.81. The number of amides is 1. The van der Waals surface area contributed by atoms with Crippen LogP contribution < -0.4 is 11.1 Å². The Morgan fingerprint density at radius 3 is 2.82 bits per heavy atom. The van der Waals surface area contributed by atoms with E-state index in [1.54, 1.807) is 6.92 Å². The zero-order valence-corrected chi connectivity index (χ0v) is 11.0. The fourth-order valence-corrected chi connectivity index (χ4v) is 2.78.